The number of carboxylic acid groups (broad SMARTS) is 2. The van der Waals surface area contributed by atoms with Gasteiger partial charge in [-0.25, -0.2) is 9.59 Å². The predicted molar refractivity (Wildman–Crippen MR) is 99.5 cm³/mol. The highest BCUT2D eigenvalue weighted by molar-refractivity contribution is 5.89. The first-order valence-corrected chi connectivity index (χ1v) is 8.52. The van der Waals surface area contributed by atoms with Crippen LogP contribution < -0.4 is 14.8 Å². The van der Waals surface area contributed by atoms with Gasteiger partial charge in [0, 0.05) is 24.7 Å². The van der Waals surface area contributed by atoms with Crippen LogP contribution in [0, 0.1) is 0 Å². The summed E-state index contributed by atoms with van der Waals surface area (Å²) in [7, 11) is 3.33. The van der Waals surface area contributed by atoms with Crippen molar-refractivity contribution in [3.63, 3.8) is 0 Å². The number of aliphatic carboxylic acids is 2. The molecule has 150 valence electrons. The molecule has 8 nitrogen and oxygen atoms in total. The molecule has 1 aromatic rings. The van der Waals surface area contributed by atoms with Crippen molar-refractivity contribution in [1.29, 1.82) is 0 Å². The Morgan fingerprint density at radius 1 is 1.19 bits per heavy atom. The van der Waals surface area contributed by atoms with Crippen LogP contribution in [-0.4, -0.2) is 55.6 Å². The maximum atomic E-state index is 9.55. The molecular weight excluding hydrogens is 354 g/mol. The zero-order valence-corrected chi connectivity index (χ0v) is 16.0. The second kappa shape index (κ2) is 11.2. The minimum Gasteiger partial charge on any atom is -0.493 e. The van der Waals surface area contributed by atoms with E-state index in [0.717, 1.165) is 31.1 Å². The molecule has 1 heterocycles. The Morgan fingerprint density at radius 3 is 2.22 bits per heavy atom. The van der Waals surface area contributed by atoms with Crippen molar-refractivity contribution in [1.82, 2.24) is 5.32 Å². The van der Waals surface area contributed by atoms with E-state index in [2.05, 4.69) is 25.2 Å². The molecule has 3 N–H and O–H groups in total. The lowest BCUT2D eigenvalue weighted by Gasteiger charge is -2.28. The molecule has 2 rings (SSSR count). The molecule has 1 atom stereocenters. The van der Waals surface area contributed by atoms with Crippen molar-refractivity contribution in [2.75, 3.05) is 27.4 Å². The topological polar surface area (TPSA) is 114 Å². The number of hydrogen-bond donors (Lipinski definition) is 3. The van der Waals surface area contributed by atoms with Crippen LogP contribution in [0.4, 0.5) is 0 Å². The van der Waals surface area contributed by atoms with E-state index < -0.39 is 11.9 Å². The molecule has 0 spiro atoms. The summed E-state index contributed by atoms with van der Waals surface area (Å²) in [5.74, 6) is -0.959. The molecule has 0 bridgehead atoms. The van der Waals surface area contributed by atoms with E-state index in [-0.39, 0.29) is 6.10 Å². The van der Waals surface area contributed by atoms with Gasteiger partial charge in [-0.15, -0.1) is 0 Å². The Hall–Kier alpha value is -2.58. The average Bonchev–Trinajstić information content (AvgIpc) is 2.63. The number of methoxy groups -OCH3 is 2. The van der Waals surface area contributed by atoms with Gasteiger partial charge < -0.3 is 29.7 Å². The Labute approximate surface area is 158 Å². The zero-order valence-electron chi connectivity index (χ0n) is 16.0. The number of benzene rings is 1. The first-order chi connectivity index (χ1) is 12.8. The second-order valence-electron chi connectivity index (χ2n) is 6.09. The molecule has 0 amide bonds. The van der Waals surface area contributed by atoms with E-state index in [1.807, 2.05) is 6.07 Å². The van der Waals surface area contributed by atoms with E-state index in [1.165, 1.54) is 11.1 Å². The number of carbonyl (C=O) groups is 2. The monoisotopic (exact) mass is 381 g/mol. The first-order valence-electron chi connectivity index (χ1n) is 8.52. The maximum absolute atomic E-state index is 9.55. The van der Waals surface area contributed by atoms with Gasteiger partial charge in [-0.05, 0) is 29.7 Å². The van der Waals surface area contributed by atoms with Crippen LogP contribution in [0.15, 0.2) is 24.3 Å². The standard InChI is InChI=1S/C15H23NO3.C4H4O4/c1-10(2)16-9-15-12-8-14(18-4)13(17-3)7-11(12)5-6-19-15;5-3(6)1-2-4(7)8/h7-8,10,15-16H,5-6,9H2,1-4H3;1-2H,(H,5,6)(H,7,8). The molecule has 0 fully saturated rings. The zero-order chi connectivity index (χ0) is 20.4. The van der Waals surface area contributed by atoms with Crippen molar-refractivity contribution < 1.29 is 34.0 Å². The fourth-order valence-electron chi connectivity index (χ4n) is 2.51. The van der Waals surface area contributed by atoms with Gasteiger partial charge in [-0.1, -0.05) is 13.8 Å². The number of ether oxygens (including phenoxy) is 3. The summed E-state index contributed by atoms with van der Waals surface area (Å²) in [5.41, 5.74) is 2.50. The lowest BCUT2D eigenvalue weighted by atomic mass is 9.96. The third-order valence-corrected chi connectivity index (χ3v) is 3.76. The highest BCUT2D eigenvalue weighted by Crippen LogP contribution is 2.36. The molecule has 1 aliphatic heterocycles. The van der Waals surface area contributed by atoms with Gasteiger partial charge in [0.1, 0.15) is 0 Å². The van der Waals surface area contributed by atoms with Crippen molar-refractivity contribution in [2.24, 2.45) is 0 Å². The normalized spacial score (nSPS) is 15.7. The molecule has 1 aromatic carbocycles. The van der Waals surface area contributed by atoms with E-state index >= 15 is 0 Å². The van der Waals surface area contributed by atoms with E-state index in [9.17, 15) is 9.59 Å². The summed E-state index contributed by atoms with van der Waals surface area (Å²) in [5, 5.41) is 19.0. The van der Waals surface area contributed by atoms with Crippen LogP contribution in [0.1, 0.15) is 31.1 Å². The Bertz CT molecular complexity index is 654. The maximum Gasteiger partial charge on any atom is 0.328 e. The van der Waals surface area contributed by atoms with Gasteiger partial charge in [0.2, 0.25) is 0 Å². The van der Waals surface area contributed by atoms with Gasteiger partial charge in [-0.2, -0.15) is 0 Å². The molecule has 1 unspecified atom stereocenters. The quantitative estimate of drug-likeness (QED) is 0.615. The molecule has 0 radical (unpaired) electrons. The fourth-order valence-corrected chi connectivity index (χ4v) is 2.51. The van der Waals surface area contributed by atoms with Crippen LogP contribution in [0.2, 0.25) is 0 Å². The van der Waals surface area contributed by atoms with Gasteiger partial charge in [0.25, 0.3) is 0 Å². The largest absolute Gasteiger partial charge is 0.493 e. The lowest BCUT2D eigenvalue weighted by Crippen LogP contribution is -2.31. The summed E-state index contributed by atoms with van der Waals surface area (Å²) in [6.45, 7) is 5.85. The number of rotatable bonds is 7. The molecule has 0 saturated carbocycles. The minimum atomic E-state index is -1.26. The highest BCUT2D eigenvalue weighted by Gasteiger charge is 2.23. The SMILES string of the molecule is COc1cc2c(cc1OC)C(CNC(C)C)OCC2.O=C(O)C=CC(=O)O. The van der Waals surface area contributed by atoms with E-state index in [1.54, 1.807) is 14.2 Å². The third kappa shape index (κ3) is 7.67. The predicted octanol–water partition coefficient (Wildman–Crippen LogP) is 2.03. The summed E-state index contributed by atoms with van der Waals surface area (Å²) in [6, 6.07) is 4.56. The van der Waals surface area contributed by atoms with Crippen LogP contribution in [0.5, 0.6) is 11.5 Å². The van der Waals surface area contributed by atoms with Gasteiger partial charge >= 0.3 is 11.9 Å². The molecule has 27 heavy (non-hydrogen) atoms. The summed E-state index contributed by atoms with van der Waals surface area (Å²) < 4.78 is 16.6. The van der Waals surface area contributed by atoms with Crippen molar-refractivity contribution in [2.45, 2.75) is 32.4 Å². The number of fused-ring (bicyclic) bond motifs is 1. The van der Waals surface area contributed by atoms with Crippen LogP contribution in [0.3, 0.4) is 0 Å². The number of carboxylic acids is 2. The number of nitrogens with one attached hydrogen (secondary N) is 1. The summed E-state index contributed by atoms with van der Waals surface area (Å²) in [4.78, 5) is 19.1. The lowest BCUT2D eigenvalue weighted by molar-refractivity contribution is -0.134. The second-order valence-corrected chi connectivity index (χ2v) is 6.09. The smallest absolute Gasteiger partial charge is 0.328 e. The van der Waals surface area contributed by atoms with Gasteiger partial charge in [0.05, 0.1) is 26.9 Å². The van der Waals surface area contributed by atoms with E-state index in [0.29, 0.717) is 18.2 Å². The Kier molecular flexibility index (Phi) is 9.32. The van der Waals surface area contributed by atoms with Crippen molar-refractivity contribution >= 4 is 11.9 Å². The molecule has 8 heteroatoms. The molecule has 0 saturated heterocycles. The van der Waals surface area contributed by atoms with E-state index in [4.69, 9.17) is 24.4 Å². The molecular formula is C19H27NO7. The van der Waals surface area contributed by atoms with Crippen LogP contribution in [0.25, 0.3) is 0 Å². The fraction of sp³-hybridized carbons (Fsp3) is 0.474. The minimum absolute atomic E-state index is 0.0888. The molecule has 0 aromatic heterocycles. The first kappa shape index (κ1) is 22.5. The Morgan fingerprint density at radius 2 is 1.74 bits per heavy atom. The molecule has 0 aliphatic carbocycles. The highest BCUT2D eigenvalue weighted by atomic mass is 16.5. The molecule has 1 aliphatic rings. The summed E-state index contributed by atoms with van der Waals surface area (Å²) >= 11 is 0. The Balaban J connectivity index is 0.000000387. The van der Waals surface area contributed by atoms with Crippen LogP contribution in [-0.2, 0) is 20.7 Å². The third-order valence-electron chi connectivity index (χ3n) is 3.76. The van der Waals surface area contributed by atoms with Crippen LogP contribution >= 0.6 is 0 Å². The summed E-state index contributed by atoms with van der Waals surface area (Å²) in [6.07, 6.45) is 2.13. The average molecular weight is 381 g/mol. The van der Waals surface area contributed by atoms with Gasteiger partial charge in [-0.3, -0.25) is 0 Å². The van der Waals surface area contributed by atoms with Crippen molar-refractivity contribution in [3.8, 4) is 11.5 Å². The van der Waals surface area contributed by atoms with Gasteiger partial charge in [0.15, 0.2) is 11.5 Å². The van der Waals surface area contributed by atoms with Crippen molar-refractivity contribution in [3.05, 3.63) is 35.4 Å². The number of hydrogen-bond acceptors (Lipinski definition) is 6.